The largest absolute Gasteiger partial charge is 0.378 e. The molecule has 122 valence electrons. The Morgan fingerprint density at radius 3 is 2.64 bits per heavy atom. The van der Waals surface area contributed by atoms with E-state index >= 15 is 0 Å². The minimum atomic E-state index is 0.514. The number of nitrogens with zero attached hydrogens (tertiary/aromatic N) is 2. The second-order valence-corrected chi connectivity index (χ2v) is 6.08. The molecule has 1 aliphatic carbocycles. The predicted octanol–water partition coefficient (Wildman–Crippen LogP) is 3.04. The van der Waals surface area contributed by atoms with Crippen LogP contribution in [0.1, 0.15) is 37.7 Å². The molecule has 0 aliphatic heterocycles. The minimum absolute atomic E-state index is 0.514. The predicted molar refractivity (Wildman–Crippen MR) is 92.1 cm³/mol. The Labute approximate surface area is 134 Å². The molecule has 0 saturated heterocycles. The monoisotopic (exact) mass is 303 g/mol. The van der Waals surface area contributed by atoms with Crippen LogP contribution in [0.2, 0.25) is 0 Å². The van der Waals surface area contributed by atoms with Gasteiger partial charge in [-0.05, 0) is 24.8 Å². The number of benzene rings is 1. The van der Waals surface area contributed by atoms with Crippen LogP contribution in [0.15, 0.2) is 35.3 Å². The number of rotatable bonds is 7. The number of guanidine groups is 1. The van der Waals surface area contributed by atoms with Crippen LogP contribution in [0.5, 0.6) is 0 Å². The van der Waals surface area contributed by atoms with Gasteiger partial charge in [0.25, 0.3) is 0 Å². The van der Waals surface area contributed by atoms with Crippen molar-refractivity contribution in [3.8, 4) is 0 Å². The smallest absolute Gasteiger partial charge is 0.193 e. The summed E-state index contributed by atoms with van der Waals surface area (Å²) in [5.41, 5.74) is 1.23. The first kappa shape index (κ1) is 16.8. The molecule has 0 unspecified atom stereocenters. The van der Waals surface area contributed by atoms with Crippen LogP contribution in [0.3, 0.4) is 0 Å². The molecule has 1 fully saturated rings. The zero-order valence-corrected chi connectivity index (χ0v) is 13.9. The van der Waals surface area contributed by atoms with E-state index < -0.39 is 0 Å². The third-order valence-corrected chi connectivity index (χ3v) is 3.94. The Kier molecular flexibility index (Phi) is 7.23. The first-order chi connectivity index (χ1) is 10.8. The van der Waals surface area contributed by atoms with Gasteiger partial charge in [-0.1, -0.05) is 43.2 Å². The van der Waals surface area contributed by atoms with Gasteiger partial charge >= 0.3 is 0 Å². The van der Waals surface area contributed by atoms with E-state index in [9.17, 15) is 0 Å². The van der Waals surface area contributed by atoms with Gasteiger partial charge < -0.3 is 15.0 Å². The van der Waals surface area contributed by atoms with Gasteiger partial charge in [-0.2, -0.15) is 0 Å². The highest BCUT2D eigenvalue weighted by Gasteiger charge is 2.14. The summed E-state index contributed by atoms with van der Waals surface area (Å²) in [7, 11) is 4.04. The van der Waals surface area contributed by atoms with Crippen molar-refractivity contribution >= 4 is 5.96 Å². The number of ether oxygens (including phenoxy) is 1. The summed E-state index contributed by atoms with van der Waals surface area (Å²) in [6, 6.07) is 10.3. The number of hydrogen-bond acceptors (Lipinski definition) is 2. The Morgan fingerprint density at radius 2 is 1.95 bits per heavy atom. The number of hydrogen-bond donors (Lipinski definition) is 1. The number of nitrogens with one attached hydrogen (secondary N) is 1. The molecule has 0 aromatic heterocycles. The highest BCUT2D eigenvalue weighted by molar-refractivity contribution is 5.79. The molecule has 1 saturated carbocycles. The van der Waals surface area contributed by atoms with Crippen molar-refractivity contribution in [2.45, 2.75) is 44.8 Å². The molecule has 0 spiro atoms. The van der Waals surface area contributed by atoms with Crippen LogP contribution in [-0.4, -0.2) is 44.2 Å². The zero-order valence-electron chi connectivity index (χ0n) is 13.9. The molecule has 1 aromatic carbocycles. The summed E-state index contributed by atoms with van der Waals surface area (Å²) in [4.78, 5) is 6.69. The lowest BCUT2D eigenvalue weighted by atomic mass is 10.2. The molecule has 0 atom stereocenters. The van der Waals surface area contributed by atoms with Crippen molar-refractivity contribution in [2.75, 3.05) is 27.2 Å². The molecule has 1 aromatic rings. The summed E-state index contributed by atoms with van der Waals surface area (Å²) in [6.07, 6.45) is 6.69. The van der Waals surface area contributed by atoms with Gasteiger partial charge in [-0.15, -0.1) is 0 Å². The first-order valence-corrected chi connectivity index (χ1v) is 8.37. The number of aliphatic imine (C=N–C) groups is 1. The lowest BCUT2D eigenvalue weighted by Crippen LogP contribution is -2.37. The molecular formula is C18H29N3O. The summed E-state index contributed by atoms with van der Waals surface area (Å²) >= 11 is 0. The van der Waals surface area contributed by atoms with Gasteiger partial charge in [0.1, 0.15) is 0 Å². The summed E-state index contributed by atoms with van der Waals surface area (Å²) in [5.74, 6) is 0.935. The molecule has 2 rings (SSSR count). The Balaban J connectivity index is 1.67. The van der Waals surface area contributed by atoms with Crippen LogP contribution in [0, 0.1) is 0 Å². The van der Waals surface area contributed by atoms with E-state index in [0.717, 1.165) is 25.5 Å². The Morgan fingerprint density at radius 1 is 1.23 bits per heavy atom. The van der Waals surface area contributed by atoms with Crippen molar-refractivity contribution in [2.24, 2.45) is 4.99 Å². The SMILES string of the molecule is CN(C)C(=NCc1ccccc1)NCCCOC1CCCC1. The van der Waals surface area contributed by atoms with Gasteiger partial charge in [0.2, 0.25) is 0 Å². The van der Waals surface area contributed by atoms with E-state index in [1.54, 1.807) is 0 Å². The van der Waals surface area contributed by atoms with Gasteiger partial charge in [0.15, 0.2) is 5.96 Å². The molecule has 0 bridgehead atoms. The molecule has 1 aliphatic rings. The van der Waals surface area contributed by atoms with E-state index in [1.165, 1.54) is 31.2 Å². The highest BCUT2D eigenvalue weighted by Crippen LogP contribution is 2.20. The first-order valence-electron chi connectivity index (χ1n) is 8.37. The fourth-order valence-electron chi connectivity index (χ4n) is 2.68. The lowest BCUT2D eigenvalue weighted by Gasteiger charge is -2.18. The molecule has 0 radical (unpaired) electrons. The lowest BCUT2D eigenvalue weighted by molar-refractivity contribution is 0.0573. The van der Waals surface area contributed by atoms with Gasteiger partial charge in [0.05, 0.1) is 12.6 Å². The third-order valence-electron chi connectivity index (χ3n) is 3.94. The molecule has 0 heterocycles. The minimum Gasteiger partial charge on any atom is -0.378 e. The van der Waals surface area contributed by atoms with Crippen molar-refractivity contribution in [1.29, 1.82) is 0 Å². The van der Waals surface area contributed by atoms with Gasteiger partial charge in [0, 0.05) is 27.2 Å². The molecule has 22 heavy (non-hydrogen) atoms. The quantitative estimate of drug-likeness (QED) is 0.478. The maximum absolute atomic E-state index is 5.88. The van der Waals surface area contributed by atoms with Crippen LogP contribution >= 0.6 is 0 Å². The maximum atomic E-state index is 5.88. The maximum Gasteiger partial charge on any atom is 0.193 e. The molecular weight excluding hydrogens is 274 g/mol. The van der Waals surface area contributed by atoms with E-state index in [-0.39, 0.29) is 0 Å². The van der Waals surface area contributed by atoms with Crippen molar-refractivity contribution in [1.82, 2.24) is 10.2 Å². The van der Waals surface area contributed by atoms with Crippen molar-refractivity contribution in [3.05, 3.63) is 35.9 Å². The average Bonchev–Trinajstić information content (AvgIpc) is 3.04. The zero-order chi connectivity index (χ0) is 15.6. The summed E-state index contributed by atoms with van der Waals surface area (Å²) in [5, 5.41) is 3.41. The van der Waals surface area contributed by atoms with Crippen LogP contribution in [0.4, 0.5) is 0 Å². The highest BCUT2D eigenvalue weighted by atomic mass is 16.5. The summed E-state index contributed by atoms with van der Waals surface area (Å²) < 4.78 is 5.88. The Bertz CT molecular complexity index is 439. The normalized spacial score (nSPS) is 16.0. The molecule has 1 N–H and O–H groups in total. The fraction of sp³-hybridized carbons (Fsp3) is 0.611. The average molecular weight is 303 g/mol. The van der Waals surface area contributed by atoms with E-state index in [1.807, 2.05) is 37.2 Å². The van der Waals surface area contributed by atoms with Gasteiger partial charge in [-0.25, -0.2) is 4.99 Å². The standard InChI is InChI=1S/C18H29N3O/c1-21(2)18(20-15-16-9-4-3-5-10-16)19-13-8-14-22-17-11-6-7-12-17/h3-5,9-10,17H,6-8,11-15H2,1-2H3,(H,19,20). The van der Waals surface area contributed by atoms with Crippen LogP contribution < -0.4 is 5.32 Å². The van der Waals surface area contributed by atoms with Crippen molar-refractivity contribution in [3.63, 3.8) is 0 Å². The third kappa shape index (κ3) is 6.06. The van der Waals surface area contributed by atoms with Crippen LogP contribution in [0.25, 0.3) is 0 Å². The Hall–Kier alpha value is -1.55. The fourth-order valence-corrected chi connectivity index (χ4v) is 2.68. The van der Waals surface area contributed by atoms with E-state index in [2.05, 4.69) is 22.4 Å². The van der Waals surface area contributed by atoms with Crippen LogP contribution in [-0.2, 0) is 11.3 Å². The molecule has 4 nitrogen and oxygen atoms in total. The summed E-state index contributed by atoms with van der Waals surface area (Å²) in [6.45, 7) is 2.45. The van der Waals surface area contributed by atoms with E-state index in [4.69, 9.17) is 4.74 Å². The van der Waals surface area contributed by atoms with Gasteiger partial charge in [-0.3, -0.25) is 0 Å². The topological polar surface area (TPSA) is 36.9 Å². The van der Waals surface area contributed by atoms with E-state index in [0.29, 0.717) is 12.6 Å². The molecule has 0 amide bonds. The van der Waals surface area contributed by atoms with Crippen molar-refractivity contribution < 1.29 is 4.74 Å². The molecule has 4 heteroatoms. The second-order valence-electron chi connectivity index (χ2n) is 6.08. The second kappa shape index (κ2) is 9.46.